The molecule has 0 bridgehead atoms. The SMILES string of the molecule is O=C(O)[C@H](Br)Cc1cc([N+](=O)[O-])c(O)c([N+](=O)[O-])c1. The average molecular weight is 335 g/mol. The highest BCUT2D eigenvalue weighted by molar-refractivity contribution is 9.10. The number of nitro benzene ring substituents is 2. The number of phenolic OH excluding ortho intramolecular Hbond substituents is 1. The van der Waals surface area contributed by atoms with Gasteiger partial charge in [-0.3, -0.25) is 25.0 Å². The molecule has 0 saturated carbocycles. The fourth-order valence-electron chi connectivity index (χ4n) is 1.35. The summed E-state index contributed by atoms with van der Waals surface area (Å²) < 4.78 is 0. The van der Waals surface area contributed by atoms with Gasteiger partial charge in [0.15, 0.2) is 0 Å². The molecule has 0 unspecified atom stereocenters. The number of rotatable bonds is 5. The van der Waals surface area contributed by atoms with E-state index in [0.29, 0.717) is 0 Å². The van der Waals surface area contributed by atoms with Crippen LogP contribution < -0.4 is 0 Å². The van der Waals surface area contributed by atoms with Crippen molar-refractivity contribution in [2.45, 2.75) is 11.2 Å². The number of phenols is 1. The molecule has 10 heteroatoms. The van der Waals surface area contributed by atoms with Gasteiger partial charge in [-0.05, 0) is 12.0 Å². The van der Waals surface area contributed by atoms with Crippen molar-refractivity contribution in [3.05, 3.63) is 37.9 Å². The number of hydrogen-bond donors (Lipinski definition) is 2. The number of nitrogens with zero attached hydrogens (tertiary/aromatic N) is 2. The molecule has 1 rings (SSSR count). The lowest BCUT2D eigenvalue weighted by Crippen LogP contribution is -2.15. The summed E-state index contributed by atoms with van der Waals surface area (Å²) in [4.78, 5) is 29.0. The molecule has 0 saturated heterocycles. The van der Waals surface area contributed by atoms with Crippen LogP contribution in [0.3, 0.4) is 0 Å². The maximum Gasteiger partial charge on any atom is 0.318 e. The van der Waals surface area contributed by atoms with E-state index in [0.717, 1.165) is 12.1 Å². The lowest BCUT2D eigenvalue weighted by molar-refractivity contribution is -0.396. The molecule has 0 fully saturated rings. The van der Waals surface area contributed by atoms with E-state index in [2.05, 4.69) is 15.9 Å². The summed E-state index contributed by atoms with van der Waals surface area (Å²) in [5, 5.41) is 39.4. The minimum Gasteiger partial charge on any atom is -0.497 e. The third-order valence-corrected chi connectivity index (χ3v) is 2.92. The van der Waals surface area contributed by atoms with Gasteiger partial charge in [-0.25, -0.2) is 0 Å². The van der Waals surface area contributed by atoms with Gasteiger partial charge in [0.25, 0.3) is 5.75 Å². The Kier molecular flexibility index (Phi) is 4.38. The summed E-state index contributed by atoms with van der Waals surface area (Å²) in [6.07, 6.45) is -0.197. The van der Waals surface area contributed by atoms with Gasteiger partial charge >= 0.3 is 17.3 Å². The van der Waals surface area contributed by atoms with Crippen LogP contribution in [0.1, 0.15) is 5.56 Å². The highest BCUT2D eigenvalue weighted by Gasteiger charge is 2.27. The second-order valence-corrected chi connectivity index (χ2v) is 4.61. The first-order valence-corrected chi connectivity index (χ1v) is 5.67. The monoisotopic (exact) mass is 334 g/mol. The molecule has 1 aromatic carbocycles. The smallest absolute Gasteiger partial charge is 0.318 e. The van der Waals surface area contributed by atoms with Crippen molar-refractivity contribution in [1.82, 2.24) is 0 Å². The molecular weight excluding hydrogens is 328 g/mol. The van der Waals surface area contributed by atoms with Gasteiger partial charge in [-0.2, -0.15) is 0 Å². The quantitative estimate of drug-likeness (QED) is 0.472. The largest absolute Gasteiger partial charge is 0.497 e. The first-order valence-electron chi connectivity index (χ1n) is 4.75. The molecule has 19 heavy (non-hydrogen) atoms. The van der Waals surface area contributed by atoms with E-state index in [-0.39, 0.29) is 12.0 Å². The zero-order valence-corrected chi connectivity index (χ0v) is 10.7. The molecule has 2 N–H and O–H groups in total. The second-order valence-electron chi connectivity index (χ2n) is 3.51. The van der Waals surface area contributed by atoms with Crippen LogP contribution in [-0.4, -0.2) is 30.9 Å². The summed E-state index contributed by atoms with van der Waals surface area (Å²) in [7, 11) is 0. The van der Waals surface area contributed by atoms with E-state index in [1.165, 1.54) is 0 Å². The van der Waals surface area contributed by atoms with E-state index >= 15 is 0 Å². The number of carbonyl (C=O) groups is 1. The highest BCUT2D eigenvalue weighted by Crippen LogP contribution is 2.37. The number of aromatic hydroxyl groups is 1. The van der Waals surface area contributed by atoms with Crippen LogP contribution in [0.2, 0.25) is 0 Å². The molecule has 0 heterocycles. The maximum atomic E-state index is 10.7. The second kappa shape index (κ2) is 5.61. The maximum absolute atomic E-state index is 10.7. The molecule has 0 aliphatic rings. The molecule has 0 aliphatic heterocycles. The normalized spacial score (nSPS) is 11.8. The Morgan fingerprint density at radius 1 is 1.26 bits per heavy atom. The van der Waals surface area contributed by atoms with E-state index in [1.807, 2.05) is 0 Å². The molecule has 9 nitrogen and oxygen atoms in total. The summed E-state index contributed by atoms with van der Waals surface area (Å²) >= 11 is 2.82. The number of nitro groups is 2. The van der Waals surface area contributed by atoms with Crippen molar-refractivity contribution in [3.8, 4) is 5.75 Å². The Balaban J connectivity index is 3.30. The van der Waals surface area contributed by atoms with Crippen LogP contribution in [0.4, 0.5) is 11.4 Å². The molecule has 0 amide bonds. The third-order valence-electron chi connectivity index (χ3n) is 2.21. The fraction of sp³-hybridized carbons (Fsp3) is 0.222. The zero-order valence-electron chi connectivity index (χ0n) is 9.15. The number of carboxylic acids is 1. The zero-order chi connectivity index (χ0) is 14.7. The number of hydrogen-bond acceptors (Lipinski definition) is 6. The topological polar surface area (TPSA) is 144 Å². The van der Waals surface area contributed by atoms with Crippen LogP contribution in [0.25, 0.3) is 0 Å². The number of carboxylic acid groups (broad SMARTS) is 1. The van der Waals surface area contributed by atoms with Gasteiger partial charge in [0.05, 0.1) is 9.85 Å². The summed E-state index contributed by atoms with van der Waals surface area (Å²) in [6.45, 7) is 0. The molecule has 0 aliphatic carbocycles. The average Bonchev–Trinajstić information content (AvgIpc) is 2.30. The molecule has 0 radical (unpaired) electrons. The third kappa shape index (κ3) is 3.37. The Morgan fingerprint density at radius 2 is 1.68 bits per heavy atom. The molecule has 1 aromatic rings. The predicted octanol–water partition coefficient (Wildman–Crippen LogP) is 1.60. The summed E-state index contributed by atoms with van der Waals surface area (Å²) in [6, 6.07) is 1.80. The minimum atomic E-state index is -1.21. The molecule has 0 spiro atoms. The van der Waals surface area contributed by atoms with Crippen molar-refractivity contribution in [3.63, 3.8) is 0 Å². The first-order chi connectivity index (χ1) is 8.73. The molecule has 102 valence electrons. The Bertz CT molecular complexity index is 524. The van der Waals surface area contributed by atoms with Gasteiger partial charge in [0, 0.05) is 12.1 Å². The van der Waals surface area contributed by atoms with E-state index in [4.69, 9.17) is 5.11 Å². The number of alkyl halides is 1. The summed E-state index contributed by atoms with van der Waals surface area (Å²) in [5.74, 6) is -2.27. The van der Waals surface area contributed by atoms with Gasteiger partial charge in [-0.1, -0.05) is 15.9 Å². The fourth-order valence-corrected chi connectivity index (χ4v) is 1.73. The van der Waals surface area contributed by atoms with Gasteiger partial charge in [-0.15, -0.1) is 0 Å². The Hall–Kier alpha value is -2.23. The lowest BCUT2D eigenvalue weighted by Gasteiger charge is -2.06. The Morgan fingerprint density at radius 3 is 2.00 bits per heavy atom. The molecule has 0 aromatic heterocycles. The van der Waals surface area contributed by atoms with Crippen LogP contribution in [0.5, 0.6) is 5.75 Å². The van der Waals surface area contributed by atoms with Crippen molar-refractivity contribution < 1.29 is 24.9 Å². The number of benzene rings is 1. The van der Waals surface area contributed by atoms with E-state index < -0.39 is 37.8 Å². The number of aliphatic carboxylic acids is 1. The predicted molar refractivity (Wildman–Crippen MR) is 65.5 cm³/mol. The van der Waals surface area contributed by atoms with Crippen molar-refractivity contribution >= 4 is 33.3 Å². The van der Waals surface area contributed by atoms with Gasteiger partial charge in [0.1, 0.15) is 4.83 Å². The summed E-state index contributed by atoms with van der Waals surface area (Å²) in [5.41, 5.74) is -1.62. The van der Waals surface area contributed by atoms with E-state index in [1.54, 1.807) is 0 Å². The highest BCUT2D eigenvalue weighted by atomic mass is 79.9. The standard InChI is InChI=1S/C9H7BrN2O7/c10-5(9(14)15)1-4-2-6(11(16)17)8(13)7(3-4)12(18)19/h2-3,5,13H,1H2,(H,14,15)/t5-/m1/s1. The van der Waals surface area contributed by atoms with Crippen LogP contribution in [0, 0.1) is 20.2 Å². The van der Waals surface area contributed by atoms with Crippen LogP contribution in [0.15, 0.2) is 12.1 Å². The van der Waals surface area contributed by atoms with Crippen molar-refractivity contribution in [1.29, 1.82) is 0 Å². The Labute approximate surface area is 113 Å². The minimum absolute atomic E-state index is 0.0560. The molecular formula is C9H7BrN2O7. The van der Waals surface area contributed by atoms with E-state index in [9.17, 15) is 30.1 Å². The van der Waals surface area contributed by atoms with Crippen LogP contribution >= 0.6 is 15.9 Å². The first kappa shape index (κ1) is 14.8. The van der Waals surface area contributed by atoms with Gasteiger partial charge < -0.3 is 10.2 Å². The van der Waals surface area contributed by atoms with Crippen molar-refractivity contribution in [2.75, 3.05) is 0 Å². The van der Waals surface area contributed by atoms with Gasteiger partial charge in [0.2, 0.25) is 0 Å². The molecule has 1 atom stereocenters. The number of halogens is 1. The lowest BCUT2D eigenvalue weighted by atomic mass is 10.1. The van der Waals surface area contributed by atoms with Crippen LogP contribution in [-0.2, 0) is 11.2 Å². The van der Waals surface area contributed by atoms with Crippen molar-refractivity contribution in [2.24, 2.45) is 0 Å².